The molecule has 3 N–H and O–H groups in total. The highest BCUT2D eigenvalue weighted by molar-refractivity contribution is 5.43. The van der Waals surface area contributed by atoms with Gasteiger partial charge in [0.05, 0.1) is 18.3 Å². The van der Waals surface area contributed by atoms with Gasteiger partial charge in [-0.3, -0.25) is 0 Å². The van der Waals surface area contributed by atoms with E-state index in [4.69, 9.17) is 0 Å². The quantitative estimate of drug-likeness (QED) is 0.647. The highest BCUT2D eigenvalue weighted by atomic mass is 16.3. The second-order valence-corrected chi connectivity index (χ2v) is 8.88. The topological polar surface area (TPSA) is 60.7 Å². The van der Waals surface area contributed by atoms with Gasteiger partial charge in [-0.05, 0) is 55.4 Å². The molecule has 0 radical (unpaired) electrons. The molecule has 0 saturated heterocycles. The Bertz CT molecular complexity index is 643. The molecule has 4 aliphatic rings. The molecule has 0 spiro atoms. The van der Waals surface area contributed by atoms with E-state index in [0.717, 1.165) is 19.3 Å². The summed E-state index contributed by atoms with van der Waals surface area (Å²) in [6.07, 6.45) is 9.70. The summed E-state index contributed by atoms with van der Waals surface area (Å²) in [7, 11) is 0. The molecule has 4 aliphatic carbocycles. The lowest BCUT2D eigenvalue weighted by Crippen LogP contribution is -2.52. The Hall–Kier alpha value is -0.900. The number of rotatable bonds is 1. The lowest BCUT2D eigenvalue weighted by molar-refractivity contribution is -0.0496. The van der Waals surface area contributed by atoms with Crippen LogP contribution in [0.25, 0.3) is 0 Å². The van der Waals surface area contributed by atoms with Crippen LogP contribution in [0, 0.1) is 22.7 Å². The van der Waals surface area contributed by atoms with E-state index in [-0.39, 0.29) is 16.9 Å². The van der Waals surface area contributed by atoms with E-state index in [1.807, 2.05) is 6.92 Å². The first-order valence-corrected chi connectivity index (χ1v) is 9.44. The minimum Gasteiger partial charge on any atom is -0.393 e. The molecule has 0 bridgehead atoms. The smallest absolute Gasteiger partial charge is 0.0727 e. The van der Waals surface area contributed by atoms with Gasteiger partial charge in [0.25, 0.3) is 0 Å². The number of hydrogen-bond acceptors (Lipinski definition) is 3. The Morgan fingerprint density at radius 2 is 1.92 bits per heavy atom. The summed E-state index contributed by atoms with van der Waals surface area (Å²) in [4.78, 5) is 0. The molecule has 7 atom stereocenters. The largest absolute Gasteiger partial charge is 0.393 e. The number of fused-ring (bicyclic) bond motifs is 5. The highest BCUT2D eigenvalue weighted by Gasteiger charge is 2.56. The third kappa shape index (κ3) is 2.01. The molecule has 24 heavy (non-hydrogen) atoms. The van der Waals surface area contributed by atoms with Gasteiger partial charge in [-0.1, -0.05) is 43.2 Å². The number of hydrogen-bond donors (Lipinski definition) is 3. The molecule has 2 unspecified atom stereocenters. The van der Waals surface area contributed by atoms with E-state index in [2.05, 4.69) is 32.1 Å². The van der Waals surface area contributed by atoms with Gasteiger partial charge in [0.15, 0.2) is 0 Å². The zero-order valence-electron chi connectivity index (χ0n) is 15.0. The Kier molecular flexibility index (Phi) is 3.66. The first-order chi connectivity index (χ1) is 11.3. The predicted molar refractivity (Wildman–Crippen MR) is 94.2 cm³/mol. The molecule has 3 nitrogen and oxygen atoms in total. The fraction of sp³-hybridized carbons (Fsp3) is 0.714. The van der Waals surface area contributed by atoms with Crippen LogP contribution < -0.4 is 0 Å². The lowest BCUT2D eigenvalue weighted by atomic mass is 9.49. The zero-order chi connectivity index (χ0) is 17.3. The molecule has 3 heteroatoms. The van der Waals surface area contributed by atoms with Crippen molar-refractivity contribution in [1.82, 2.24) is 0 Å². The van der Waals surface area contributed by atoms with Crippen molar-refractivity contribution < 1.29 is 15.3 Å². The van der Waals surface area contributed by atoms with Crippen molar-refractivity contribution in [2.75, 3.05) is 0 Å². The van der Waals surface area contributed by atoms with E-state index >= 15 is 0 Å². The second-order valence-electron chi connectivity index (χ2n) is 8.88. The van der Waals surface area contributed by atoms with Crippen LogP contribution in [0.15, 0.2) is 34.9 Å². The fourth-order valence-electron chi connectivity index (χ4n) is 6.32. The average Bonchev–Trinajstić information content (AvgIpc) is 2.86. The van der Waals surface area contributed by atoms with Crippen molar-refractivity contribution in [2.45, 2.75) is 71.2 Å². The minimum atomic E-state index is -0.476. The van der Waals surface area contributed by atoms with Crippen molar-refractivity contribution in [3.05, 3.63) is 34.9 Å². The van der Waals surface area contributed by atoms with Gasteiger partial charge in [-0.25, -0.2) is 0 Å². The summed E-state index contributed by atoms with van der Waals surface area (Å²) in [6.45, 7) is 6.39. The van der Waals surface area contributed by atoms with Crippen molar-refractivity contribution in [2.24, 2.45) is 22.7 Å². The van der Waals surface area contributed by atoms with Gasteiger partial charge in [-0.2, -0.15) is 0 Å². The van der Waals surface area contributed by atoms with E-state index in [0.29, 0.717) is 24.7 Å². The van der Waals surface area contributed by atoms with Gasteiger partial charge >= 0.3 is 0 Å². The summed E-state index contributed by atoms with van der Waals surface area (Å²) < 4.78 is 0. The van der Waals surface area contributed by atoms with Gasteiger partial charge in [0.2, 0.25) is 0 Å². The Morgan fingerprint density at radius 1 is 1.17 bits per heavy atom. The van der Waals surface area contributed by atoms with Crippen LogP contribution in [0.5, 0.6) is 0 Å². The highest BCUT2D eigenvalue weighted by Crippen LogP contribution is 2.63. The van der Waals surface area contributed by atoms with Crippen LogP contribution in [0.1, 0.15) is 52.9 Å². The standard InChI is InChI=1S/C21H30O3/c1-12(22)16-6-7-17-15-5-4-13-10-14(23)11-19(24)21(13,3)18(15)8-9-20(16,17)2/h4-6,12,14,17-19,22-24H,7-11H2,1-3H3/t12-,14+,17?,18?,19-,20+,21-/m0/s1. The van der Waals surface area contributed by atoms with Crippen LogP contribution in [0.4, 0.5) is 0 Å². The number of allylic oxidation sites excluding steroid dienone is 4. The van der Waals surface area contributed by atoms with Crippen molar-refractivity contribution >= 4 is 0 Å². The second kappa shape index (κ2) is 5.30. The first-order valence-electron chi connectivity index (χ1n) is 9.44. The summed E-state index contributed by atoms with van der Waals surface area (Å²) >= 11 is 0. The molecule has 0 amide bonds. The molecule has 2 saturated carbocycles. The van der Waals surface area contributed by atoms with Crippen LogP contribution in [0.3, 0.4) is 0 Å². The summed E-state index contributed by atoms with van der Waals surface area (Å²) in [6, 6.07) is 0. The predicted octanol–water partition coefficient (Wildman–Crippen LogP) is 3.12. The van der Waals surface area contributed by atoms with Crippen molar-refractivity contribution in [1.29, 1.82) is 0 Å². The monoisotopic (exact) mass is 330 g/mol. The van der Waals surface area contributed by atoms with E-state index in [1.165, 1.54) is 16.7 Å². The molecule has 4 rings (SSSR count). The van der Waals surface area contributed by atoms with Crippen LogP contribution in [-0.2, 0) is 0 Å². The first kappa shape index (κ1) is 16.6. The van der Waals surface area contributed by atoms with E-state index in [9.17, 15) is 15.3 Å². The third-order valence-electron chi connectivity index (χ3n) is 7.75. The molecular weight excluding hydrogens is 300 g/mol. The normalized spacial score (nSPS) is 48.5. The van der Waals surface area contributed by atoms with Gasteiger partial charge in [0, 0.05) is 11.8 Å². The fourth-order valence-corrected chi connectivity index (χ4v) is 6.32. The molecule has 0 aliphatic heterocycles. The molecule has 0 aromatic carbocycles. The molecule has 0 aromatic rings. The van der Waals surface area contributed by atoms with Gasteiger partial charge < -0.3 is 15.3 Å². The molecule has 132 valence electrons. The maximum Gasteiger partial charge on any atom is 0.0727 e. The Balaban J connectivity index is 1.74. The number of aliphatic hydroxyl groups excluding tert-OH is 3. The van der Waals surface area contributed by atoms with Crippen LogP contribution >= 0.6 is 0 Å². The molecule has 0 heterocycles. The molecule has 2 fully saturated rings. The van der Waals surface area contributed by atoms with Crippen LogP contribution in [0.2, 0.25) is 0 Å². The molecule has 0 aromatic heterocycles. The van der Waals surface area contributed by atoms with Crippen molar-refractivity contribution in [3.63, 3.8) is 0 Å². The zero-order valence-corrected chi connectivity index (χ0v) is 15.0. The third-order valence-corrected chi connectivity index (χ3v) is 7.75. The maximum absolute atomic E-state index is 10.8. The van der Waals surface area contributed by atoms with Crippen LogP contribution in [-0.4, -0.2) is 33.6 Å². The Labute approximate surface area is 144 Å². The molecular formula is C21H30O3. The number of aliphatic hydroxyl groups is 3. The lowest BCUT2D eigenvalue weighted by Gasteiger charge is -2.56. The van der Waals surface area contributed by atoms with E-state index in [1.54, 1.807) is 0 Å². The van der Waals surface area contributed by atoms with Gasteiger partial charge in [-0.15, -0.1) is 0 Å². The Morgan fingerprint density at radius 3 is 2.62 bits per heavy atom. The summed E-state index contributed by atoms with van der Waals surface area (Å²) in [5, 5.41) is 31.1. The van der Waals surface area contributed by atoms with E-state index < -0.39 is 12.2 Å². The van der Waals surface area contributed by atoms with Crippen molar-refractivity contribution in [3.8, 4) is 0 Å². The summed E-state index contributed by atoms with van der Waals surface area (Å²) in [5.74, 6) is 0.800. The summed E-state index contributed by atoms with van der Waals surface area (Å²) in [5.41, 5.74) is 3.69. The van der Waals surface area contributed by atoms with Gasteiger partial charge in [0.1, 0.15) is 0 Å². The average molecular weight is 330 g/mol. The SMILES string of the molecule is C[C@H](O)C1=CCC2C3=CC=C4C[C@@H](O)C[C@H](O)[C@]4(C)C3CC[C@]12C. The maximum atomic E-state index is 10.8. The minimum absolute atomic E-state index is 0.0529.